The van der Waals surface area contributed by atoms with Gasteiger partial charge in [0.15, 0.2) is 6.04 Å². The van der Waals surface area contributed by atoms with E-state index >= 15 is 0 Å². The third-order valence-electron chi connectivity index (χ3n) is 5.21. The molecule has 0 spiro atoms. The number of rotatable bonds is 3. The van der Waals surface area contributed by atoms with Crippen LogP contribution in [0, 0.1) is 18.8 Å². The lowest BCUT2D eigenvalue weighted by atomic mass is 9.89. The maximum absolute atomic E-state index is 10.9. The Bertz CT molecular complexity index is 910. The highest BCUT2D eigenvalue weighted by atomic mass is 35.5. The summed E-state index contributed by atoms with van der Waals surface area (Å²) in [6.07, 6.45) is 1.26. The van der Waals surface area contributed by atoms with Crippen LogP contribution in [0.25, 0.3) is 4.96 Å². The van der Waals surface area contributed by atoms with E-state index in [2.05, 4.69) is 36.1 Å². The Kier molecular flexibility index (Phi) is 4.67. The molecule has 0 unspecified atom stereocenters. The van der Waals surface area contributed by atoms with Crippen LogP contribution < -0.4 is 4.90 Å². The number of aromatic nitrogens is 3. The fraction of sp³-hybridized carbons (Fsp3) is 0.474. The lowest BCUT2D eigenvalue weighted by Gasteiger charge is -2.37. The van der Waals surface area contributed by atoms with Crippen molar-refractivity contribution in [3.8, 4) is 5.88 Å². The minimum atomic E-state index is 0.0614. The van der Waals surface area contributed by atoms with E-state index in [0.717, 1.165) is 28.0 Å². The monoisotopic (exact) mass is 391 g/mol. The summed E-state index contributed by atoms with van der Waals surface area (Å²) >= 11 is 7.65. The van der Waals surface area contributed by atoms with E-state index in [0.29, 0.717) is 17.7 Å². The fourth-order valence-corrected chi connectivity index (χ4v) is 5.64. The SMILES string of the molecule is Cc1nc2sc([C@@H](c3ccc(Cl)cc3)[NH+]3C[C@@H](C)C[C@H](C)C3)c(O)n2n1. The molecule has 3 atom stereocenters. The third kappa shape index (κ3) is 3.21. The molecule has 0 aliphatic carbocycles. The fourth-order valence-electron chi connectivity index (χ4n) is 4.33. The van der Waals surface area contributed by atoms with E-state index in [-0.39, 0.29) is 11.9 Å². The van der Waals surface area contributed by atoms with Gasteiger partial charge in [0.25, 0.3) is 0 Å². The van der Waals surface area contributed by atoms with Crippen LogP contribution >= 0.6 is 22.9 Å². The first-order valence-electron chi connectivity index (χ1n) is 9.07. The second kappa shape index (κ2) is 6.83. The Balaban J connectivity index is 1.82. The maximum atomic E-state index is 10.9. The molecule has 26 heavy (non-hydrogen) atoms. The highest BCUT2D eigenvalue weighted by Crippen LogP contribution is 2.35. The number of hydrogen-bond donors (Lipinski definition) is 2. The summed E-state index contributed by atoms with van der Waals surface area (Å²) in [4.78, 5) is 7.59. The van der Waals surface area contributed by atoms with Crippen LogP contribution in [-0.2, 0) is 0 Å². The van der Waals surface area contributed by atoms with Crippen LogP contribution in [0.1, 0.15) is 42.6 Å². The number of aromatic hydroxyl groups is 1. The topological polar surface area (TPSA) is 54.9 Å². The zero-order valence-electron chi connectivity index (χ0n) is 15.2. The number of fused-ring (bicyclic) bond motifs is 1. The number of benzene rings is 1. The molecule has 2 aromatic heterocycles. The summed E-state index contributed by atoms with van der Waals surface area (Å²) in [5.41, 5.74) is 1.17. The van der Waals surface area contributed by atoms with Crippen molar-refractivity contribution in [3.63, 3.8) is 0 Å². The molecule has 7 heteroatoms. The minimum Gasteiger partial charge on any atom is -0.492 e. The van der Waals surface area contributed by atoms with Crippen LogP contribution in [-0.4, -0.2) is 32.8 Å². The van der Waals surface area contributed by atoms with E-state index in [4.69, 9.17) is 11.6 Å². The van der Waals surface area contributed by atoms with Gasteiger partial charge in [0.05, 0.1) is 13.1 Å². The molecule has 0 saturated carbocycles. The van der Waals surface area contributed by atoms with Crippen LogP contribution in [0.5, 0.6) is 5.88 Å². The number of nitrogens with zero attached hydrogens (tertiary/aromatic N) is 3. The first-order valence-corrected chi connectivity index (χ1v) is 10.3. The number of hydrogen-bond acceptors (Lipinski definition) is 4. The molecule has 1 aliphatic rings. The molecule has 4 rings (SSSR count). The van der Waals surface area contributed by atoms with Gasteiger partial charge in [-0.2, -0.15) is 4.52 Å². The molecule has 1 aliphatic heterocycles. The number of nitrogens with one attached hydrogen (secondary N) is 1. The van der Waals surface area contributed by atoms with Gasteiger partial charge in [-0.1, -0.05) is 48.9 Å². The molecular formula is C19H24ClN4OS+. The Labute approximate surface area is 162 Å². The van der Waals surface area contributed by atoms with Crippen molar-refractivity contribution in [1.82, 2.24) is 14.6 Å². The molecule has 1 saturated heterocycles. The van der Waals surface area contributed by atoms with Crippen molar-refractivity contribution in [1.29, 1.82) is 0 Å². The molecule has 3 aromatic rings. The van der Waals surface area contributed by atoms with Crippen LogP contribution in [0.4, 0.5) is 0 Å². The molecule has 0 bridgehead atoms. The minimum absolute atomic E-state index is 0.0614. The molecular weight excluding hydrogens is 368 g/mol. The first-order chi connectivity index (χ1) is 12.4. The van der Waals surface area contributed by atoms with Gasteiger partial charge in [0.1, 0.15) is 10.7 Å². The van der Waals surface area contributed by atoms with Gasteiger partial charge in [-0.25, -0.2) is 4.98 Å². The van der Waals surface area contributed by atoms with Crippen molar-refractivity contribution in [3.05, 3.63) is 45.6 Å². The Morgan fingerprint density at radius 1 is 1.23 bits per heavy atom. The van der Waals surface area contributed by atoms with Gasteiger partial charge < -0.3 is 10.0 Å². The summed E-state index contributed by atoms with van der Waals surface area (Å²) < 4.78 is 1.56. The summed E-state index contributed by atoms with van der Waals surface area (Å²) in [5.74, 6) is 2.21. The molecule has 2 N–H and O–H groups in total. The summed E-state index contributed by atoms with van der Waals surface area (Å²) in [6, 6.07) is 8.07. The number of aryl methyl sites for hydroxylation is 1. The van der Waals surface area contributed by atoms with Gasteiger partial charge >= 0.3 is 0 Å². The molecule has 0 radical (unpaired) electrons. The summed E-state index contributed by atoms with van der Waals surface area (Å²) in [6.45, 7) is 8.66. The zero-order chi connectivity index (χ0) is 18.4. The average molecular weight is 392 g/mol. The third-order valence-corrected chi connectivity index (χ3v) is 6.54. The number of thiazole rings is 1. The van der Waals surface area contributed by atoms with Crippen molar-refractivity contribution in [2.75, 3.05) is 13.1 Å². The van der Waals surface area contributed by atoms with E-state index in [1.807, 2.05) is 19.1 Å². The molecule has 0 amide bonds. The van der Waals surface area contributed by atoms with E-state index in [1.54, 1.807) is 4.52 Å². The van der Waals surface area contributed by atoms with Crippen molar-refractivity contribution >= 4 is 27.9 Å². The van der Waals surface area contributed by atoms with Crippen molar-refractivity contribution in [2.24, 2.45) is 11.8 Å². The van der Waals surface area contributed by atoms with Gasteiger partial charge in [0.2, 0.25) is 10.8 Å². The van der Waals surface area contributed by atoms with Crippen molar-refractivity contribution in [2.45, 2.75) is 33.2 Å². The smallest absolute Gasteiger partial charge is 0.235 e. The molecule has 5 nitrogen and oxygen atoms in total. The lowest BCUT2D eigenvalue weighted by molar-refractivity contribution is -0.936. The lowest BCUT2D eigenvalue weighted by Crippen LogP contribution is -3.14. The number of piperidine rings is 1. The number of halogens is 1. The second-order valence-electron chi connectivity index (χ2n) is 7.64. The van der Waals surface area contributed by atoms with Crippen molar-refractivity contribution < 1.29 is 10.0 Å². The molecule has 1 fully saturated rings. The quantitative estimate of drug-likeness (QED) is 0.721. The summed E-state index contributed by atoms with van der Waals surface area (Å²) in [5, 5.41) is 15.9. The first kappa shape index (κ1) is 17.8. The number of quaternary nitrogens is 1. The van der Waals surface area contributed by atoms with Gasteiger partial charge in [0, 0.05) is 22.4 Å². The Morgan fingerprint density at radius 2 is 1.88 bits per heavy atom. The zero-order valence-corrected chi connectivity index (χ0v) is 16.8. The van der Waals surface area contributed by atoms with Gasteiger partial charge in [-0.15, -0.1) is 5.10 Å². The van der Waals surface area contributed by atoms with Crippen LogP contribution in [0.3, 0.4) is 0 Å². The van der Waals surface area contributed by atoms with Crippen LogP contribution in [0.15, 0.2) is 24.3 Å². The molecule has 1 aromatic carbocycles. The Morgan fingerprint density at radius 3 is 2.50 bits per heavy atom. The second-order valence-corrected chi connectivity index (χ2v) is 9.09. The van der Waals surface area contributed by atoms with Gasteiger partial charge in [-0.05, 0) is 25.5 Å². The number of likely N-dealkylation sites (tertiary alicyclic amines) is 1. The van der Waals surface area contributed by atoms with E-state index < -0.39 is 0 Å². The predicted octanol–water partition coefficient (Wildman–Crippen LogP) is 3.11. The summed E-state index contributed by atoms with van der Waals surface area (Å²) in [7, 11) is 0. The highest BCUT2D eigenvalue weighted by molar-refractivity contribution is 7.17. The highest BCUT2D eigenvalue weighted by Gasteiger charge is 2.37. The van der Waals surface area contributed by atoms with Gasteiger partial charge in [-0.3, -0.25) is 0 Å². The molecule has 3 heterocycles. The van der Waals surface area contributed by atoms with E-state index in [9.17, 15) is 5.11 Å². The largest absolute Gasteiger partial charge is 0.492 e. The Hall–Kier alpha value is -1.63. The standard InChI is InChI=1S/C19H23ClN4OS/c1-11-8-12(2)10-23(9-11)16(14-4-6-15(20)7-5-14)17-18(25)24-19(26-17)21-13(3)22-24/h4-7,11-12,16,25H,8-10H2,1-3H3/p+1/t11-,12-,16+/m0/s1. The predicted molar refractivity (Wildman–Crippen MR) is 104 cm³/mol. The van der Waals surface area contributed by atoms with Crippen LogP contribution in [0.2, 0.25) is 5.02 Å². The van der Waals surface area contributed by atoms with E-state index in [1.165, 1.54) is 28.2 Å². The average Bonchev–Trinajstić information content (AvgIpc) is 3.07. The maximum Gasteiger partial charge on any atom is 0.235 e. The molecule has 138 valence electrons. The normalized spacial score (nSPS) is 24.8.